The Bertz CT molecular complexity index is 1250. The van der Waals surface area contributed by atoms with Crippen LogP contribution >= 0.6 is 0 Å². The molecule has 0 aliphatic carbocycles. The first-order valence-electron chi connectivity index (χ1n) is 9.18. The number of ether oxygens (including phenoxy) is 2. The summed E-state index contributed by atoms with van der Waals surface area (Å²) in [5, 5.41) is 5.71. The Morgan fingerprint density at radius 3 is 2.73 bits per heavy atom. The summed E-state index contributed by atoms with van der Waals surface area (Å²) < 4.78 is 26.9. The highest BCUT2D eigenvalue weighted by Crippen LogP contribution is 2.27. The van der Waals surface area contributed by atoms with Gasteiger partial charge in [0.1, 0.15) is 22.8 Å². The number of rotatable bonds is 6. The van der Waals surface area contributed by atoms with Crippen LogP contribution in [-0.2, 0) is 6.54 Å². The standard InChI is InChI=1S/C21H20FN5O3/c1-23-21(28)14-7-17-16(8-15(14)22)26-20(18-10-24-11-27(17)18)25-9-12-4-5-13(29-2)6-19(12)30-3/h4-8,10-11H,9H2,1-3H3,(H,23,28)(H,25,26). The first-order chi connectivity index (χ1) is 14.5. The molecule has 0 spiro atoms. The van der Waals surface area contributed by atoms with Crippen LogP contribution in [0.4, 0.5) is 10.2 Å². The predicted molar refractivity (Wildman–Crippen MR) is 111 cm³/mol. The summed E-state index contributed by atoms with van der Waals surface area (Å²) in [7, 11) is 4.64. The number of aromatic nitrogens is 3. The lowest BCUT2D eigenvalue weighted by Crippen LogP contribution is -2.19. The lowest BCUT2D eigenvalue weighted by atomic mass is 10.1. The fourth-order valence-corrected chi connectivity index (χ4v) is 3.29. The van der Waals surface area contributed by atoms with Gasteiger partial charge in [0, 0.05) is 31.3 Å². The molecule has 0 aliphatic rings. The molecule has 0 unspecified atom stereocenters. The molecule has 0 radical (unpaired) electrons. The minimum atomic E-state index is -0.642. The van der Waals surface area contributed by atoms with E-state index in [1.54, 1.807) is 37.2 Å². The van der Waals surface area contributed by atoms with Crippen molar-refractivity contribution in [3.05, 3.63) is 59.8 Å². The number of hydrogen-bond acceptors (Lipinski definition) is 6. The van der Waals surface area contributed by atoms with Gasteiger partial charge in [-0.15, -0.1) is 0 Å². The van der Waals surface area contributed by atoms with E-state index in [1.807, 2.05) is 12.1 Å². The van der Waals surface area contributed by atoms with Crippen LogP contribution in [0, 0.1) is 5.82 Å². The molecule has 2 aromatic carbocycles. The van der Waals surface area contributed by atoms with Gasteiger partial charge >= 0.3 is 0 Å². The van der Waals surface area contributed by atoms with Gasteiger partial charge < -0.3 is 20.1 Å². The number of anilines is 1. The maximum atomic E-state index is 14.5. The van der Waals surface area contributed by atoms with E-state index in [4.69, 9.17) is 9.47 Å². The summed E-state index contributed by atoms with van der Waals surface area (Å²) in [6.45, 7) is 0.422. The molecule has 30 heavy (non-hydrogen) atoms. The Hall–Kier alpha value is -3.88. The van der Waals surface area contributed by atoms with Crippen LogP contribution < -0.4 is 20.1 Å². The van der Waals surface area contributed by atoms with Crippen molar-refractivity contribution in [1.82, 2.24) is 19.7 Å². The van der Waals surface area contributed by atoms with Gasteiger partial charge in [0.15, 0.2) is 5.82 Å². The van der Waals surface area contributed by atoms with E-state index in [9.17, 15) is 9.18 Å². The van der Waals surface area contributed by atoms with E-state index in [0.29, 0.717) is 40.4 Å². The normalized spacial score (nSPS) is 10.9. The van der Waals surface area contributed by atoms with E-state index in [2.05, 4.69) is 20.6 Å². The Morgan fingerprint density at radius 2 is 2.00 bits per heavy atom. The predicted octanol–water partition coefficient (Wildman–Crippen LogP) is 3.01. The molecule has 0 atom stereocenters. The lowest BCUT2D eigenvalue weighted by molar-refractivity contribution is 0.0959. The van der Waals surface area contributed by atoms with E-state index >= 15 is 0 Å². The van der Waals surface area contributed by atoms with Gasteiger partial charge in [-0.25, -0.2) is 14.4 Å². The zero-order valence-corrected chi connectivity index (χ0v) is 16.7. The third-order valence-electron chi connectivity index (χ3n) is 4.85. The Kier molecular flexibility index (Phi) is 5.09. The molecule has 0 saturated carbocycles. The zero-order chi connectivity index (χ0) is 21.3. The first kappa shape index (κ1) is 19.4. The largest absolute Gasteiger partial charge is 0.497 e. The molecule has 1 amide bonds. The number of carbonyl (C=O) groups is 1. The fraction of sp³-hybridized carbons (Fsp3) is 0.190. The van der Waals surface area contributed by atoms with Crippen molar-refractivity contribution in [3.8, 4) is 11.5 Å². The van der Waals surface area contributed by atoms with Gasteiger partial charge in [0.25, 0.3) is 5.91 Å². The molecular weight excluding hydrogens is 389 g/mol. The van der Waals surface area contributed by atoms with E-state index in [-0.39, 0.29) is 5.56 Å². The number of amides is 1. The SMILES string of the molecule is CNC(=O)c1cc2c(cc1F)nc(NCc1ccc(OC)cc1OC)c1cncn12. The number of nitrogens with zero attached hydrogens (tertiary/aromatic N) is 3. The highest BCUT2D eigenvalue weighted by atomic mass is 19.1. The third kappa shape index (κ3) is 3.34. The number of fused-ring (bicyclic) bond motifs is 3. The third-order valence-corrected chi connectivity index (χ3v) is 4.85. The number of nitrogens with one attached hydrogen (secondary N) is 2. The first-order valence-corrected chi connectivity index (χ1v) is 9.18. The second-order valence-corrected chi connectivity index (χ2v) is 6.54. The smallest absolute Gasteiger partial charge is 0.254 e. The van der Waals surface area contributed by atoms with Gasteiger partial charge in [-0.05, 0) is 18.2 Å². The van der Waals surface area contributed by atoms with Crippen molar-refractivity contribution in [2.75, 3.05) is 26.6 Å². The van der Waals surface area contributed by atoms with Crippen molar-refractivity contribution in [3.63, 3.8) is 0 Å². The molecule has 0 aliphatic heterocycles. The molecule has 0 saturated heterocycles. The molecule has 4 aromatic rings. The number of hydrogen-bond donors (Lipinski definition) is 2. The van der Waals surface area contributed by atoms with E-state index < -0.39 is 11.7 Å². The molecule has 4 rings (SSSR count). The average molecular weight is 409 g/mol. The number of benzene rings is 2. The Morgan fingerprint density at radius 1 is 1.17 bits per heavy atom. The van der Waals surface area contributed by atoms with Crippen molar-refractivity contribution < 1.29 is 18.7 Å². The molecule has 2 aromatic heterocycles. The molecular formula is C21H20FN5O3. The summed E-state index contributed by atoms with van der Waals surface area (Å²) in [6.07, 6.45) is 3.26. The lowest BCUT2D eigenvalue weighted by Gasteiger charge is -2.14. The molecule has 0 fully saturated rings. The molecule has 9 heteroatoms. The molecule has 154 valence electrons. The Balaban J connectivity index is 1.75. The summed E-state index contributed by atoms with van der Waals surface area (Å²) >= 11 is 0. The van der Waals surface area contributed by atoms with Crippen LogP contribution in [0.25, 0.3) is 16.6 Å². The zero-order valence-electron chi connectivity index (χ0n) is 16.7. The van der Waals surface area contributed by atoms with Crippen molar-refractivity contribution >= 4 is 28.3 Å². The van der Waals surface area contributed by atoms with Crippen LogP contribution in [0.15, 0.2) is 42.9 Å². The number of carbonyl (C=O) groups excluding carboxylic acids is 1. The maximum absolute atomic E-state index is 14.5. The molecule has 2 heterocycles. The molecule has 2 N–H and O–H groups in total. The van der Waals surface area contributed by atoms with Crippen LogP contribution in [0.2, 0.25) is 0 Å². The second kappa shape index (κ2) is 7.86. The minimum absolute atomic E-state index is 0.0505. The molecule has 0 bridgehead atoms. The summed E-state index contributed by atoms with van der Waals surface area (Å²) in [4.78, 5) is 20.7. The topological polar surface area (TPSA) is 89.8 Å². The number of imidazole rings is 1. The summed E-state index contributed by atoms with van der Waals surface area (Å²) in [5.41, 5.74) is 2.53. The van der Waals surface area contributed by atoms with Gasteiger partial charge in [0.05, 0.1) is 43.3 Å². The van der Waals surface area contributed by atoms with Crippen molar-refractivity contribution in [2.45, 2.75) is 6.54 Å². The molecule has 8 nitrogen and oxygen atoms in total. The van der Waals surface area contributed by atoms with Crippen LogP contribution in [0.5, 0.6) is 11.5 Å². The van der Waals surface area contributed by atoms with Gasteiger partial charge in [-0.2, -0.15) is 0 Å². The van der Waals surface area contributed by atoms with E-state index in [0.717, 1.165) is 5.56 Å². The van der Waals surface area contributed by atoms with Crippen LogP contribution in [-0.4, -0.2) is 41.5 Å². The number of methoxy groups -OCH3 is 2. The summed E-state index contributed by atoms with van der Waals surface area (Å²) in [5.74, 6) is 0.756. The maximum Gasteiger partial charge on any atom is 0.254 e. The highest BCUT2D eigenvalue weighted by molar-refractivity contribution is 5.98. The van der Waals surface area contributed by atoms with Gasteiger partial charge in [-0.1, -0.05) is 0 Å². The number of halogens is 1. The Labute approximate surface area is 171 Å². The quantitative estimate of drug-likeness (QED) is 0.509. The highest BCUT2D eigenvalue weighted by Gasteiger charge is 2.16. The van der Waals surface area contributed by atoms with E-state index in [1.165, 1.54) is 19.2 Å². The van der Waals surface area contributed by atoms with Gasteiger partial charge in [0.2, 0.25) is 0 Å². The second-order valence-electron chi connectivity index (χ2n) is 6.54. The average Bonchev–Trinajstić information content (AvgIpc) is 3.26. The van der Waals surface area contributed by atoms with Crippen LogP contribution in [0.1, 0.15) is 15.9 Å². The van der Waals surface area contributed by atoms with Crippen molar-refractivity contribution in [2.24, 2.45) is 0 Å². The van der Waals surface area contributed by atoms with Crippen LogP contribution in [0.3, 0.4) is 0 Å². The van der Waals surface area contributed by atoms with Gasteiger partial charge in [-0.3, -0.25) is 9.20 Å². The van der Waals surface area contributed by atoms with Crippen molar-refractivity contribution in [1.29, 1.82) is 0 Å². The summed E-state index contributed by atoms with van der Waals surface area (Å²) in [6, 6.07) is 8.26. The fourth-order valence-electron chi connectivity index (χ4n) is 3.29. The monoisotopic (exact) mass is 409 g/mol. The minimum Gasteiger partial charge on any atom is -0.497 e.